The lowest BCUT2D eigenvalue weighted by molar-refractivity contribution is 0.0730. The molecule has 1 aliphatic heterocycles. The summed E-state index contributed by atoms with van der Waals surface area (Å²) in [6.45, 7) is 0.648. The first-order valence-corrected chi connectivity index (χ1v) is 10.4. The Bertz CT molecular complexity index is 1410. The van der Waals surface area contributed by atoms with Crippen molar-refractivity contribution in [2.75, 3.05) is 13.7 Å². The monoisotopic (exact) mass is 447 g/mol. The summed E-state index contributed by atoms with van der Waals surface area (Å²) >= 11 is 0. The van der Waals surface area contributed by atoms with Crippen molar-refractivity contribution >= 4 is 16.8 Å². The van der Waals surface area contributed by atoms with E-state index in [-0.39, 0.29) is 35.3 Å². The van der Waals surface area contributed by atoms with Gasteiger partial charge in [-0.05, 0) is 36.2 Å². The third-order valence-electron chi connectivity index (χ3n) is 5.82. The first kappa shape index (κ1) is 20.8. The highest BCUT2D eigenvalue weighted by atomic mass is 19.1. The van der Waals surface area contributed by atoms with Crippen molar-refractivity contribution < 1.29 is 23.4 Å². The molecule has 0 atom stereocenters. The van der Waals surface area contributed by atoms with Gasteiger partial charge in [-0.1, -0.05) is 24.3 Å². The predicted octanol–water partition coefficient (Wildman–Crippen LogP) is 4.49. The predicted molar refractivity (Wildman–Crippen MR) is 118 cm³/mol. The third-order valence-corrected chi connectivity index (χ3v) is 5.82. The average Bonchev–Trinajstić information content (AvgIpc) is 2.83. The lowest BCUT2D eigenvalue weighted by atomic mass is 9.97. The molecular formula is C25H19F2N3O3. The van der Waals surface area contributed by atoms with Crippen molar-refractivity contribution in [3.63, 3.8) is 0 Å². The Hall–Kier alpha value is -4.07. The van der Waals surface area contributed by atoms with E-state index < -0.39 is 11.6 Å². The Morgan fingerprint density at radius 3 is 2.70 bits per heavy atom. The van der Waals surface area contributed by atoms with Gasteiger partial charge in [-0.2, -0.15) is 0 Å². The Morgan fingerprint density at radius 1 is 1.09 bits per heavy atom. The van der Waals surface area contributed by atoms with Crippen LogP contribution < -0.4 is 4.74 Å². The molecule has 3 aromatic carbocycles. The number of phenolic OH excluding ortho intramolecular Hbond substituents is 1. The minimum Gasteiger partial charge on any atom is -0.504 e. The van der Waals surface area contributed by atoms with Crippen molar-refractivity contribution in [3.8, 4) is 22.9 Å². The summed E-state index contributed by atoms with van der Waals surface area (Å²) in [5, 5.41) is 11.0. The molecule has 1 N–H and O–H groups in total. The van der Waals surface area contributed by atoms with Gasteiger partial charge in [-0.15, -0.1) is 0 Å². The number of carbonyl (C=O) groups excluding carboxylic acids is 1. The minimum atomic E-state index is -0.806. The van der Waals surface area contributed by atoms with Gasteiger partial charge in [0.25, 0.3) is 5.91 Å². The molecule has 2 heterocycles. The van der Waals surface area contributed by atoms with Crippen LogP contribution in [0.1, 0.15) is 21.6 Å². The van der Waals surface area contributed by atoms with Crippen LogP contribution in [-0.2, 0) is 13.0 Å². The largest absolute Gasteiger partial charge is 0.504 e. The number of aromatic nitrogens is 2. The molecule has 0 radical (unpaired) electrons. The van der Waals surface area contributed by atoms with Crippen LogP contribution in [-0.4, -0.2) is 39.5 Å². The van der Waals surface area contributed by atoms with Gasteiger partial charge in [0.1, 0.15) is 17.3 Å². The van der Waals surface area contributed by atoms with E-state index in [0.29, 0.717) is 29.6 Å². The first-order valence-electron chi connectivity index (χ1n) is 10.4. The van der Waals surface area contributed by atoms with Crippen LogP contribution in [0.4, 0.5) is 8.78 Å². The molecule has 0 unspecified atom stereocenters. The van der Waals surface area contributed by atoms with E-state index in [0.717, 1.165) is 23.3 Å². The van der Waals surface area contributed by atoms with E-state index in [4.69, 9.17) is 4.74 Å². The Balaban J connectivity index is 1.57. The van der Waals surface area contributed by atoms with Gasteiger partial charge in [0.2, 0.25) is 0 Å². The zero-order chi connectivity index (χ0) is 23.1. The fourth-order valence-corrected chi connectivity index (χ4v) is 4.13. The second-order valence-corrected chi connectivity index (χ2v) is 7.77. The maximum Gasteiger partial charge on any atom is 0.273 e. The van der Waals surface area contributed by atoms with E-state index in [9.17, 15) is 18.7 Å². The van der Waals surface area contributed by atoms with Crippen molar-refractivity contribution in [3.05, 3.63) is 83.1 Å². The number of amides is 1. The molecule has 1 aromatic heterocycles. The van der Waals surface area contributed by atoms with E-state index in [2.05, 4.69) is 9.97 Å². The Kier molecular flexibility index (Phi) is 5.12. The number of hydrogen-bond donors (Lipinski definition) is 1. The number of fused-ring (bicyclic) bond motifs is 2. The van der Waals surface area contributed by atoms with Gasteiger partial charge in [0.15, 0.2) is 17.3 Å². The van der Waals surface area contributed by atoms with Crippen LogP contribution in [0.15, 0.2) is 54.6 Å². The Morgan fingerprint density at radius 2 is 1.91 bits per heavy atom. The molecule has 33 heavy (non-hydrogen) atoms. The van der Waals surface area contributed by atoms with E-state index >= 15 is 0 Å². The quantitative estimate of drug-likeness (QED) is 0.501. The molecule has 0 bridgehead atoms. The summed E-state index contributed by atoms with van der Waals surface area (Å²) in [7, 11) is 1.49. The Labute approximate surface area is 188 Å². The zero-order valence-corrected chi connectivity index (χ0v) is 17.7. The van der Waals surface area contributed by atoms with Crippen LogP contribution in [0.25, 0.3) is 22.3 Å². The molecule has 0 saturated heterocycles. The number of halogens is 2. The number of carbonyl (C=O) groups is 1. The molecule has 0 fully saturated rings. The standard InChI is InChI=1S/C25H19F2N3O3/c1-33-21-9-6-14-13-30(11-10-16(14)23(21)31)25(32)22-18-4-2-3-5-20(18)28-24(29-22)17-8-7-15(26)12-19(17)27/h2-9,12,31H,10-11,13H2,1H3. The van der Waals surface area contributed by atoms with Gasteiger partial charge in [0.05, 0.1) is 18.2 Å². The number of benzene rings is 3. The van der Waals surface area contributed by atoms with Crippen molar-refractivity contribution in [2.24, 2.45) is 0 Å². The summed E-state index contributed by atoms with van der Waals surface area (Å²) in [5.41, 5.74) is 2.20. The van der Waals surface area contributed by atoms with Gasteiger partial charge in [0, 0.05) is 30.1 Å². The maximum atomic E-state index is 14.4. The number of para-hydroxylation sites is 1. The molecular weight excluding hydrogens is 428 g/mol. The molecule has 0 aliphatic carbocycles. The van der Waals surface area contributed by atoms with Crippen LogP contribution in [0.3, 0.4) is 0 Å². The molecule has 4 aromatic rings. The fraction of sp³-hybridized carbons (Fsp3) is 0.160. The number of ether oxygens (including phenoxy) is 1. The summed E-state index contributed by atoms with van der Waals surface area (Å²) in [6.07, 6.45) is 0.451. The summed E-state index contributed by atoms with van der Waals surface area (Å²) < 4.78 is 33.0. The van der Waals surface area contributed by atoms with Crippen molar-refractivity contribution in [1.29, 1.82) is 0 Å². The molecule has 0 saturated carbocycles. The molecule has 1 amide bonds. The maximum absolute atomic E-state index is 14.4. The second-order valence-electron chi connectivity index (χ2n) is 7.77. The molecule has 166 valence electrons. The normalized spacial score (nSPS) is 13.1. The summed E-state index contributed by atoms with van der Waals surface area (Å²) in [5.74, 6) is -1.36. The third kappa shape index (κ3) is 3.63. The molecule has 5 rings (SSSR count). The molecule has 0 spiro atoms. The van der Waals surface area contributed by atoms with Gasteiger partial charge in [-0.3, -0.25) is 4.79 Å². The van der Waals surface area contributed by atoms with E-state index in [1.165, 1.54) is 13.2 Å². The number of rotatable bonds is 3. The number of hydrogen-bond acceptors (Lipinski definition) is 5. The van der Waals surface area contributed by atoms with Gasteiger partial charge >= 0.3 is 0 Å². The lowest BCUT2D eigenvalue weighted by Crippen LogP contribution is -2.36. The number of nitrogens with zero attached hydrogens (tertiary/aromatic N) is 3. The van der Waals surface area contributed by atoms with Crippen LogP contribution in [0, 0.1) is 11.6 Å². The molecule has 6 nitrogen and oxygen atoms in total. The van der Waals surface area contributed by atoms with Gasteiger partial charge < -0.3 is 14.7 Å². The molecule has 1 aliphatic rings. The van der Waals surface area contributed by atoms with E-state index in [1.54, 1.807) is 35.2 Å². The van der Waals surface area contributed by atoms with Crippen LogP contribution in [0.2, 0.25) is 0 Å². The van der Waals surface area contributed by atoms with E-state index in [1.807, 2.05) is 6.07 Å². The van der Waals surface area contributed by atoms with Crippen LogP contribution >= 0.6 is 0 Å². The topological polar surface area (TPSA) is 75.6 Å². The zero-order valence-electron chi connectivity index (χ0n) is 17.7. The van der Waals surface area contributed by atoms with Crippen molar-refractivity contribution in [1.82, 2.24) is 14.9 Å². The fourth-order valence-electron chi connectivity index (χ4n) is 4.13. The second kappa shape index (κ2) is 8.12. The highest BCUT2D eigenvalue weighted by molar-refractivity contribution is 6.05. The number of aromatic hydroxyl groups is 1. The number of methoxy groups -OCH3 is 1. The average molecular weight is 447 g/mol. The molecule has 8 heteroatoms. The smallest absolute Gasteiger partial charge is 0.273 e. The highest BCUT2D eigenvalue weighted by Crippen LogP contribution is 2.36. The van der Waals surface area contributed by atoms with Crippen molar-refractivity contribution in [2.45, 2.75) is 13.0 Å². The first-order chi connectivity index (χ1) is 16.0. The van der Waals surface area contributed by atoms with Gasteiger partial charge in [-0.25, -0.2) is 18.7 Å². The lowest BCUT2D eigenvalue weighted by Gasteiger charge is -2.29. The van der Waals surface area contributed by atoms with Crippen LogP contribution in [0.5, 0.6) is 11.5 Å². The highest BCUT2D eigenvalue weighted by Gasteiger charge is 2.27. The summed E-state index contributed by atoms with van der Waals surface area (Å²) in [4.78, 5) is 24.0. The number of phenols is 1. The SMILES string of the molecule is COc1ccc2c(c1O)CCN(C(=O)c1nc(-c3ccc(F)cc3F)nc3ccccc13)C2. The summed E-state index contributed by atoms with van der Waals surface area (Å²) in [6, 6.07) is 13.6. The minimum absolute atomic E-state index is 0.00865.